The van der Waals surface area contributed by atoms with E-state index in [2.05, 4.69) is 55.4 Å². The Bertz CT molecular complexity index is 169. The van der Waals surface area contributed by atoms with Crippen molar-refractivity contribution in [2.75, 3.05) is 0 Å². The minimum absolute atomic E-state index is 0.497. The van der Waals surface area contributed by atoms with Crippen molar-refractivity contribution in [3.63, 3.8) is 0 Å². The van der Waals surface area contributed by atoms with Gasteiger partial charge in [0.05, 0.1) is 0 Å². The maximum atomic E-state index is 2.43. The fourth-order valence-corrected chi connectivity index (χ4v) is 2.20. The fraction of sp³-hybridized carbons (Fsp3) is 1.00. The van der Waals surface area contributed by atoms with E-state index in [-0.39, 0.29) is 0 Å². The summed E-state index contributed by atoms with van der Waals surface area (Å²) in [6, 6.07) is 0. The summed E-state index contributed by atoms with van der Waals surface area (Å²) >= 11 is 0. The molecule has 0 saturated carbocycles. The smallest absolute Gasteiger partial charge is 0.0326 e. The highest BCUT2D eigenvalue weighted by Crippen LogP contribution is 2.38. The van der Waals surface area contributed by atoms with E-state index in [0.29, 0.717) is 10.8 Å². The molecule has 0 saturated heterocycles. The van der Waals surface area contributed by atoms with Gasteiger partial charge in [0.2, 0.25) is 0 Å². The lowest BCUT2D eigenvalue weighted by Gasteiger charge is -2.35. The molecule has 0 spiro atoms. The minimum Gasteiger partial charge on any atom is -0.0625 e. The van der Waals surface area contributed by atoms with Gasteiger partial charge in [-0.15, -0.1) is 0 Å². The lowest BCUT2D eigenvalue weighted by Crippen LogP contribution is -2.26. The van der Waals surface area contributed by atoms with Crippen LogP contribution in [0.3, 0.4) is 0 Å². The molecule has 0 bridgehead atoms. The van der Waals surface area contributed by atoms with Crippen molar-refractivity contribution in [1.82, 2.24) is 0 Å². The van der Waals surface area contributed by atoms with Gasteiger partial charge in [-0.3, -0.25) is 0 Å². The highest BCUT2D eigenvalue weighted by molar-refractivity contribution is 4.78. The van der Waals surface area contributed by atoms with E-state index in [1.165, 1.54) is 19.3 Å². The zero-order valence-electron chi connectivity index (χ0n) is 12.3. The van der Waals surface area contributed by atoms with Gasteiger partial charge in [0.25, 0.3) is 0 Å². The molecule has 1 unspecified atom stereocenters. The third-order valence-electron chi connectivity index (χ3n) is 3.98. The third-order valence-corrected chi connectivity index (χ3v) is 3.98. The first-order valence-corrected chi connectivity index (χ1v) is 6.56. The van der Waals surface area contributed by atoms with E-state index < -0.39 is 0 Å². The molecule has 0 nitrogen and oxygen atoms in total. The standard InChI is InChI=1S/C15H32/c1-12(2)13(3)15(7,8)11-9-10-14(4,5)6/h12-13H,9-11H2,1-8H3. The molecule has 0 aromatic heterocycles. The van der Waals surface area contributed by atoms with E-state index >= 15 is 0 Å². The molecule has 0 heterocycles. The highest BCUT2D eigenvalue weighted by atomic mass is 14.3. The normalized spacial score (nSPS) is 15.8. The van der Waals surface area contributed by atoms with E-state index in [4.69, 9.17) is 0 Å². The first-order valence-electron chi connectivity index (χ1n) is 6.56. The predicted molar refractivity (Wildman–Crippen MR) is 71.1 cm³/mol. The summed E-state index contributed by atoms with van der Waals surface area (Å²) in [5, 5.41) is 0. The van der Waals surface area contributed by atoms with Gasteiger partial charge >= 0.3 is 0 Å². The van der Waals surface area contributed by atoms with Crippen LogP contribution in [0.15, 0.2) is 0 Å². The van der Waals surface area contributed by atoms with Crippen LogP contribution in [0.2, 0.25) is 0 Å². The van der Waals surface area contributed by atoms with Gasteiger partial charge in [0.15, 0.2) is 0 Å². The summed E-state index contributed by atoms with van der Waals surface area (Å²) in [5.41, 5.74) is 0.997. The predicted octanol–water partition coefficient (Wildman–Crippen LogP) is 5.52. The second-order valence-electron chi connectivity index (χ2n) is 7.44. The summed E-state index contributed by atoms with van der Waals surface area (Å²) in [7, 11) is 0. The Balaban J connectivity index is 4.05. The Morgan fingerprint density at radius 1 is 0.800 bits per heavy atom. The number of hydrogen-bond acceptors (Lipinski definition) is 0. The fourth-order valence-electron chi connectivity index (χ4n) is 2.20. The molecule has 15 heavy (non-hydrogen) atoms. The zero-order chi connectivity index (χ0) is 12.3. The van der Waals surface area contributed by atoms with E-state index in [0.717, 1.165) is 11.8 Å². The van der Waals surface area contributed by atoms with E-state index in [1.54, 1.807) is 0 Å². The van der Waals surface area contributed by atoms with Crippen molar-refractivity contribution in [3.8, 4) is 0 Å². The van der Waals surface area contributed by atoms with Crippen LogP contribution < -0.4 is 0 Å². The number of rotatable bonds is 5. The summed E-state index contributed by atoms with van der Waals surface area (Å²) in [6.07, 6.45) is 4.08. The molecular formula is C15H32. The van der Waals surface area contributed by atoms with Crippen LogP contribution in [0.25, 0.3) is 0 Å². The second kappa shape index (κ2) is 5.37. The summed E-state index contributed by atoms with van der Waals surface area (Å²) in [4.78, 5) is 0. The molecule has 0 rings (SSSR count). The topological polar surface area (TPSA) is 0 Å². The van der Waals surface area contributed by atoms with Crippen LogP contribution in [-0.4, -0.2) is 0 Å². The Morgan fingerprint density at radius 2 is 1.27 bits per heavy atom. The molecule has 0 aliphatic carbocycles. The zero-order valence-corrected chi connectivity index (χ0v) is 12.3. The Morgan fingerprint density at radius 3 is 1.60 bits per heavy atom. The molecule has 0 amide bonds. The number of hydrogen-bond donors (Lipinski definition) is 0. The molecule has 0 N–H and O–H groups in total. The van der Waals surface area contributed by atoms with Crippen molar-refractivity contribution in [2.24, 2.45) is 22.7 Å². The van der Waals surface area contributed by atoms with Crippen LogP contribution in [0.5, 0.6) is 0 Å². The van der Waals surface area contributed by atoms with Gasteiger partial charge in [-0.25, -0.2) is 0 Å². The summed E-state index contributed by atoms with van der Waals surface area (Å²) in [6.45, 7) is 19.0. The average molecular weight is 212 g/mol. The van der Waals surface area contributed by atoms with Crippen LogP contribution >= 0.6 is 0 Å². The van der Waals surface area contributed by atoms with Gasteiger partial charge in [-0.2, -0.15) is 0 Å². The van der Waals surface area contributed by atoms with Gasteiger partial charge < -0.3 is 0 Å². The molecular weight excluding hydrogens is 180 g/mol. The summed E-state index contributed by atoms with van der Waals surface area (Å²) < 4.78 is 0. The first kappa shape index (κ1) is 15.0. The molecule has 0 heteroatoms. The van der Waals surface area contributed by atoms with Crippen molar-refractivity contribution in [2.45, 2.75) is 74.7 Å². The molecule has 0 aliphatic rings. The molecule has 1 atom stereocenters. The molecule has 92 valence electrons. The minimum atomic E-state index is 0.497. The quantitative estimate of drug-likeness (QED) is 0.563. The summed E-state index contributed by atoms with van der Waals surface area (Å²) in [5.74, 6) is 1.62. The van der Waals surface area contributed by atoms with Crippen molar-refractivity contribution in [1.29, 1.82) is 0 Å². The maximum Gasteiger partial charge on any atom is -0.0326 e. The average Bonchev–Trinajstić information content (AvgIpc) is 1.99. The van der Waals surface area contributed by atoms with Gasteiger partial charge in [-0.1, -0.05) is 61.8 Å². The Hall–Kier alpha value is 0. The van der Waals surface area contributed by atoms with Crippen molar-refractivity contribution >= 4 is 0 Å². The lowest BCUT2D eigenvalue weighted by atomic mass is 9.70. The molecule has 0 fully saturated rings. The van der Waals surface area contributed by atoms with Crippen LogP contribution in [0.1, 0.15) is 74.7 Å². The Labute approximate surface area is 97.8 Å². The van der Waals surface area contributed by atoms with E-state index in [1.807, 2.05) is 0 Å². The van der Waals surface area contributed by atoms with Gasteiger partial charge in [0.1, 0.15) is 0 Å². The van der Waals surface area contributed by atoms with Crippen molar-refractivity contribution < 1.29 is 0 Å². The largest absolute Gasteiger partial charge is 0.0625 e. The van der Waals surface area contributed by atoms with Gasteiger partial charge in [-0.05, 0) is 35.5 Å². The molecule has 0 aromatic carbocycles. The maximum absolute atomic E-state index is 2.43. The lowest BCUT2D eigenvalue weighted by molar-refractivity contribution is 0.150. The van der Waals surface area contributed by atoms with Crippen molar-refractivity contribution in [3.05, 3.63) is 0 Å². The SMILES string of the molecule is CC(C)C(C)C(C)(C)CCCC(C)(C)C. The van der Waals surface area contributed by atoms with Crippen LogP contribution in [0.4, 0.5) is 0 Å². The highest BCUT2D eigenvalue weighted by Gasteiger charge is 2.27. The molecule has 0 radical (unpaired) electrons. The monoisotopic (exact) mass is 212 g/mol. The van der Waals surface area contributed by atoms with Crippen LogP contribution in [-0.2, 0) is 0 Å². The van der Waals surface area contributed by atoms with Gasteiger partial charge in [0, 0.05) is 0 Å². The molecule has 0 aliphatic heterocycles. The van der Waals surface area contributed by atoms with E-state index in [9.17, 15) is 0 Å². The second-order valence-corrected chi connectivity index (χ2v) is 7.44. The molecule has 0 aromatic rings. The third kappa shape index (κ3) is 6.22. The first-order chi connectivity index (χ1) is 6.56. The Kier molecular flexibility index (Phi) is 5.37. The van der Waals surface area contributed by atoms with Crippen LogP contribution in [0, 0.1) is 22.7 Å².